The Kier molecular flexibility index (Phi) is 59.9. The molecule has 0 aromatic carbocycles. The fourth-order valence-electron chi connectivity index (χ4n) is 10.3. The molecular weight excluding hydrogens is 875 g/mol. The summed E-state index contributed by atoms with van der Waals surface area (Å²) in [6, 6.07) is -0.535. The number of allylic oxidation sites excluding steroid dienone is 2. The first-order chi connectivity index (χ1) is 35.0. The van der Waals surface area contributed by atoms with Crippen molar-refractivity contribution in [2.75, 3.05) is 13.2 Å². The summed E-state index contributed by atoms with van der Waals surface area (Å²) in [7, 11) is 0. The molecule has 3 N–H and O–H groups in total. The molecule has 0 bridgehead atoms. The fourth-order valence-corrected chi connectivity index (χ4v) is 10.3. The minimum Gasteiger partial charge on any atom is -0.466 e. The zero-order valence-corrected chi connectivity index (χ0v) is 48.2. The molecule has 2 atom stereocenters. The predicted molar refractivity (Wildman–Crippen MR) is 310 cm³/mol. The van der Waals surface area contributed by atoms with Crippen molar-refractivity contribution in [2.24, 2.45) is 0 Å². The first kappa shape index (κ1) is 69.6. The number of hydrogen-bond donors (Lipinski definition) is 3. The third-order valence-corrected chi connectivity index (χ3v) is 15.3. The van der Waals surface area contributed by atoms with E-state index < -0.39 is 12.1 Å². The van der Waals surface area contributed by atoms with E-state index >= 15 is 0 Å². The van der Waals surface area contributed by atoms with Crippen molar-refractivity contribution in [2.45, 2.75) is 379 Å². The van der Waals surface area contributed by atoms with Gasteiger partial charge in [0.25, 0.3) is 0 Å². The SMILES string of the molecule is CCCCCC/C=C\CCCCCCCC(=O)OCCCCCCCCCCCCCCCCCCCCCCCCCCCCCCCCCC(=O)NC(CO)C(O)CCCCCCCCCCCC. The second-order valence-corrected chi connectivity index (χ2v) is 22.5. The first-order valence-electron chi connectivity index (χ1n) is 32.4. The maximum Gasteiger partial charge on any atom is 0.305 e. The molecule has 0 aliphatic heterocycles. The van der Waals surface area contributed by atoms with Crippen molar-refractivity contribution >= 4 is 11.9 Å². The van der Waals surface area contributed by atoms with Gasteiger partial charge in [0.05, 0.1) is 25.4 Å². The van der Waals surface area contributed by atoms with Crippen molar-refractivity contribution in [1.29, 1.82) is 0 Å². The Balaban J connectivity index is 3.29. The van der Waals surface area contributed by atoms with E-state index in [1.165, 1.54) is 289 Å². The van der Waals surface area contributed by atoms with E-state index in [0.717, 1.165) is 44.9 Å². The Morgan fingerprint density at radius 1 is 0.380 bits per heavy atom. The molecule has 0 fully saturated rings. The van der Waals surface area contributed by atoms with Crippen LogP contribution in [-0.2, 0) is 14.3 Å². The molecule has 1 amide bonds. The van der Waals surface area contributed by atoms with Gasteiger partial charge in [-0.15, -0.1) is 0 Å². The van der Waals surface area contributed by atoms with E-state index in [-0.39, 0.29) is 18.5 Å². The Morgan fingerprint density at radius 3 is 1.01 bits per heavy atom. The van der Waals surface area contributed by atoms with Gasteiger partial charge >= 0.3 is 5.97 Å². The van der Waals surface area contributed by atoms with Crippen LogP contribution in [-0.4, -0.2) is 47.4 Å². The van der Waals surface area contributed by atoms with Crippen LogP contribution in [0.25, 0.3) is 0 Å². The van der Waals surface area contributed by atoms with Crippen LogP contribution in [0.15, 0.2) is 12.2 Å². The number of carbonyl (C=O) groups excluding carboxylic acids is 2. The molecular formula is C65H127NO5. The minimum atomic E-state index is -0.658. The first-order valence-corrected chi connectivity index (χ1v) is 32.4. The van der Waals surface area contributed by atoms with Gasteiger partial charge in [-0.1, -0.05) is 315 Å². The molecule has 6 nitrogen and oxygen atoms in total. The normalized spacial score (nSPS) is 12.6. The molecule has 0 rings (SSSR count). The summed E-state index contributed by atoms with van der Waals surface area (Å²) in [5, 5.41) is 23.2. The van der Waals surface area contributed by atoms with E-state index in [1.54, 1.807) is 0 Å². The number of hydrogen-bond acceptors (Lipinski definition) is 5. The van der Waals surface area contributed by atoms with Crippen LogP contribution in [0.4, 0.5) is 0 Å². The topological polar surface area (TPSA) is 95.9 Å². The van der Waals surface area contributed by atoms with E-state index in [4.69, 9.17) is 4.74 Å². The van der Waals surface area contributed by atoms with Gasteiger partial charge in [-0.2, -0.15) is 0 Å². The second kappa shape index (κ2) is 61.1. The third kappa shape index (κ3) is 57.7. The lowest BCUT2D eigenvalue weighted by molar-refractivity contribution is -0.143. The average molecular weight is 1000 g/mol. The van der Waals surface area contributed by atoms with E-state index in [9.17, 15) is 19.8 Å². The highest BCUT2D eigenvalue weighted by Crippen LogP contribution is 2.19. The Labute approximate surface area is 444 Å². The molecule has 0 aliphatic carbocycles. The molecule has 0 radical (unpaired) electrons. The zero-order valence-electron chi connectivity index (χ0n) is 48.2. The largest absolute Gasteiger partial charge is 0.466 e. The highest BCUT2D eigenvalue weighted by Gasteiger charge is 2.20. The van der Waals surface area contributed by atoms with Crippen molar-refractivity contribution in [3.8, 4) is 0 Å². The van der Waals surface area contributed by atoms with Crippen LogP contribution in [0.1, 0.15) is 367 Å². The van der Waals surface area contributed by atoms with Gasteiger partial charge in [-0.05, 0) is 51.4 Å². The number of nitrogens with one attached hydrogen (secondary N) is 1. The van der Waals surface area contributed by atoms with Crippen LogP contribution < -0.4 is 5.32 Å². The van der Waals surface area contributed by atoms with E-state index in [0.29, 0.717) is 25.9 Å². The van der Waals surface area contributed by atoms with Crippen molar-refractivity contribution in [3.05, 3.63) is 12.2 Å². The molecule has 0 spiro atoms. The summed E-state index contributed by atoms with van der Waals surface area (Å²) < 4.78 is 5.48. The van der Waals surface area contributed by atoms with E-state index in [2.05, 4.69) is 31.3 Å². The molecule has 6 heteroatoms. The number of ether oxygens (including phenoxy) is 1. The van der Waals surface area contributed by atoms with E-state index in [1.807, 2.05) is 0 Å². The van der Waals surface area contributed by atoms with Crippen molar-refractivity contribution in [1.82, 2.24) is 5.32 Å². The second-order valence-electron chi connectivity index (χ2n) is 22.5. The van der Waals surface area contributed by atoms with Crippen LogP contribution in [0.5, 0.6) is 0 Å². The number of aliphatic hydroxyl groups excluding tert-OH is 2. The van der Waals surface area contributed by atoms with Crippen LogP contribution in [0.3, 0.4) is 0 Å². The highest BCUT2D eigenvalue weighted by atomic mass is 16.5. The maximum atomic E-state index is 12.4. The number of esters is 1. The molecule has 0 aromatic heterocycles. The summed E-state index contributed by atoms with van der Waals surface area (Å²) in [5.41, 5.74) is 0. The van der Waals surface area contributed by atoms with Gasteiger partial charge in [-0.3, -0.25) is 9.59 Å². The monoisotopic (exact) mass is 1000 g/mol. The van der Waals surface area contributed by atoms with Gasteiger partial charge in [0.2, 0.25) is 5.91 Å². The quantitative estimate of drug-likeness (QED) is 0.0320. The van der Waals surface area contributed by atoms with Crippen LogP contribution in [0, 0.1) is 0 Å². The maximum absolute atomic E-state index is 12.4. The number of unbranched alkanes of at least 4 members (excludes halogenated alkanes) is 48. The average Bonchev–Trinajstić information content (AvgIpc) is 3.37. The smallest absolute Gasteiger partial charge is 0.305 e. The van der Waals surface area contributed by atoms with Gasteiger partial charge in [0, 0.05) is 12.8 Å². The molecule has 0 heterocycles. The van der Waals surface area contributed by atoms with Gasteiger partial charge in [0.15, 0.2) is 0 Å². The molecule has 422 valence electrons. The highest BCUT2D eigenvalue weighted by molar-refractivity contribution is 5.76. The van der Waals surface area contributed by atoms with Gasteiger partial charge in [-0.25, -0.2) is 0 Å². The lowest BCUT2D eigenvalue weighted by Gasteiger charge is -2.22. The molecule has 0 aromatic rings. The number of aliphatic hydroxyl groups is 2. The summed E-state index contributed by atoms with van der Waals surface area (Å²) in [6.07, 6.45) is 74.0. The molecule has 0 saturated carbocycles. The van der Waals surface area contributed by atoms with Gasteiger partial charge in [0.1, 0.15) is 0 Å². The lowest BCUT2D eigenvalue weighted by Crippen LogP contribution is -2.45. The molecule has 0 saturated heterocycles. The fraction of sp³-hybridized carbons (Fsp3) is 0.938. The standard InChI is InChI=1S/C65H127NO5/c1-3-5-7-9-11-13-15-35-39-43-47-51-55-59-65(70)71-60-56-52-48-44-40-37-34-32-30-28-26-24-22-20-18-16-17-19-21-23-25-27-29-31-33-36-38-42-46-50-54-58-64(69)66-62(61-67)63(68)57-53-49-45-41-14-12-10-8-6-4-2/h13,15,62-63,67-68H,3-12,14,16-61H2,1-2H3,(H,66,69)/b15-13-. The summed E-state index contributed by atoms with van der Waals surface area (Å²) >= 11 is 0. The molecule has 71 heavy (non-hydrogen) atoms. The Bertz CT molecular complexity index is 1060. The predicted octanol–water partition coefficient (Wildman–Crippen LogP) is 20.4. The summed E-state index contributed by atoms with van der Waals surface area (Å²) in [4.78, 5) is 24.5. The molecule has 2 unspecified atom stereocenters. The van der Waals surface area contributed by atoms with Crippen molar-refractivity contribution in [3.63, 3.8) is 0 Å². The number of rotatable bonds is 61. The Hall–Kier alpha value is -1.40. The summed E-state index contributed by atoms with van der Waals surface area (Å²) in [5.74, 6) is -0.0188. The Morgan fingerprint density at radius 2 is 0.662 bits per heavy atom. The number of amides is 1. The summed E-state index contributed by atoms with van der Waals surface area (Å²) in [6.45, 7) is 4.95. The van der Waals surface area contributed by atoms with Crippen LogP contribution in [0.2, 0.25) is 0 Å². The number of carbonyl (C=O) groups is 2. The zero-order chi connectivity index (χ0) is 51.4. The lowest BCUT2D eigenvalue weighted by atomic mass is 10.0. The minimum absolute atomic E-state index is 0.0118. The molecule has 0 aliphatic rings. The third-order valence-electron chi connectivity index (χ3n) is 15.3. The van der Waals surface area contributed by atoms with Gasteiger partial charge < -0.3 is 20.3 Å². The van der Waals surface area contributed by atoms with Crippen molar-refractivity contribution < 1.29 is 24.5 Å². The van der Waals surface area contributed by atoms with Crippen LogP contribution >= 0.6 is 0 Å².